The number of aryl methyl sites for hydroxylation is 1. The molecule has 96 valence electrons. The lowest BCUT2D eigenvalue weighted by Gasteiger charge is -2.22. The number of benzene rings is 1. The maximum atomic E-state index is 5.85. The van der Waals surface area contributed by atoms with Crippen LogP contribution < -0.4 is 5.32 Å². The van der Waals surface area contributed by atoms with Gasteiger partial charge in [-0.05, 0) is 38.0 Å². The molecule has 2 aromatic rings. The molecule has 0 unspecified atom stereocenters. The topological polar surface area (TPSA) is 25.2 Å². The highest BCUT2D eigenvalue weighted by molar-refractivity contribution is 5.78. The van der Waals surface area contributed by atoms with E-state index in [1.165, 1.54) is 43.1 Å². The van der Waals surface area contributed by atoms with E-state index in [-0.39, 0.29) is 0 Å². The first-order valence-electron chi connectivity index (χ1n) is 7.04. The monoisotopic (exact) mass is 243 g/mol. The van der Waals surface area contributed by atoms with Crippen molar-refractivity contribution in [2.45, 2.75) is 51.6 Å². The maximum absolute atomic E-state index is 5.85. The molecule has 1 aromatic heterocycles. The van der Waals surface area contributed by atoms with Gasteiger partial charge in [-0.1, -0.05) is 30.9 Å². The van der Waals surface area contributed by atoms with Crippen molar-refractivity contribution in [3.05, 3.63) is 35.6 Å². The van der Waals surface area contributed by atoms with E-state index < -0.39 is 0 Å². The molecule has 0 bridgehead atoms. The van der Waals surface area contributed by atoms with Gasteiger partial charge in [0.25, 0.3) is 0 Å². The SMILES string of the molecule is Cc1ccc2oc(CNC3CCCCC3)cc2c1. The second-order valence-electron chi connectivity index (χ2n) is 5.47. The van der Waals surface area contributed by atoms with E-state index in [0.29, 0.717) is 6.04 Å². The van der Waals surface area contributed by atoms with E-state index in [4.69, 9.17) is 4.42 Å². The molecule has 1 fully saturated rings. The van der Waals surface area contributed by atoms with Crippen LogP contribution in [0.3, 0.4) is 0 Å². The number of fused-ring (bicyclic) bond motifs is 1. The molecule has 3 rings (SSSR count). The molecule has 0 radical (unpaired) electrons. The van der Waals surface area contributed by atoms with Gasteiger partial charge >= 0.3 is 0 Å². The Morgan fingerprint density at radius 2 is 2.00 bits per heavy atom. The van der Waals surface area contributed by atoms with E-state index in [0.717, 1.165) is 17.9 Å². The van der Waals surface area contributed by atoms with Gasteiger partial charge in [-0.15, -0.1) is 0 Å². The van der Waals surface area contributed by atoms with Crippen LogP contribution in [0.25, 0.3) is 11.0 Å². The Balaban J connectivity index is 1.67. The molecule has 0 spiro atoms. The normalized spacial score (nSPS) is 17.4. The summed E-state index contributed by atoms with van der Waals surface area (Å²) in [6.07, 6.45) is 6.79. The van der Waals surface area contributed by atoms with Crippen molar-refractivity contribution < 1.29 is 4.42 Å². The fourth-order valence-electron chi connectivity index (χ4n) is 2.86. The highest BCUT2D eigenvalue weighted by Crippen LogP contribution is 2.22. The fraction of sp³-hybridized carbons (Fsp3) is 0.500. The van der Waals surface area contributed by atoms with Crippen LogP contribution >= 0.6 is 0 Å². The van der Waals surface area contributed by atoms with Gasteiger partial charge in [0.05, 0.1) is 6.54 Å². The highest BCUT2D eigenvalue weighted by Gasteiger charge is 2.13. The first-order chi connectivity index (χ1) is 8.81. The van der Waals surface area contributed by atoms with Crippen molar-refractivity contribution in [1.82, 2.24) is 5.32 Å². The third-order valence-electron chi connectivity index (χ3n) is 3.89. The Morgan fingerprint density at radius 3 is 2.83 bits per heavy atom. The maximum Gasteiger partial charge on any atom is 0.134 e. The molecular weight excluding hydrogens is 222 g/mol. The summed E-state index contributed by atoms with van der Waals surface area (Å²) >= 11 is 0. The van der Waals surface area contributed by atoms with Crippen LogP contribution in [0.4, 0.5) is 0 Å². The average molecular weight is 243 g/mol. The zero-order valence-corrected chi connectivity index (χ0v) is 11.0. The predicted molar refractivity (Wildman–Crippen MR) is 74.7 cm³/mol. The fourth-order valence-corrected chi connectivity index (χ4v) is 2.86. The quantitative estimate of drug-likeness (QED) is 0.875. The Kier molecular flexibility index (Phi) is 3.37. The molecule has 1 aliphatic rings. The Morgan fingerprint density at radius 1 is 1.17 bits per heavy atom. The van der Waals surface area contributed by atoms with Gasteiger partial charge in [0, 0.05) is 11.4 Å². The second kappa shape index (κ2) is 5.15. The van der Waals surface area contributed by atoms with Crippen molar-refractivity contribution in [2.75, 3.05) is 0 Å². The number of hydrogen-bond donors (Lipinski definition) is 1. The standard InChI is InChI=1S/C16H21NO/c1-12-7-8-16-13(9-12)10-15(18-16)11-17-14-5-3-2-4-6-14/h7-10,14,17H,2-6,11H2,1H3. The van der Waals surface area contributed by atoms with Crippen LogP contribution in [-0.2, 0) is 6.54 Å². The molecule has 0 saturated heterocycles. The zero-order valence-electron chi connectivity index (χ0n) is 11.0. The molecule has 1 aliphatic carbocycles. The average Bonchev–Trinajstić information content (AvgIpc) is 2.79. The van der Waals surface area contributed by atoms with E-state index in [1.54, 1.807) is 0 Å². The number of nitrogens with one attached hydrogen (secondary N) is 1. The first-order valence-corrected chi connectivity index (χ1v) is 7.04. The Hall–Kier alpha value is -1.28. The van der Waals surface area contributed by atoms with Gasteiger partial charge in [-0.25, -0.2) is 0 Å². The summed E-state index contributed by atoms with van der Waals surface area (Å²) < 4.78 is 5.85. The van der Waals surface area contributed by atoms with E-state index in [9.17, 15) is 0 Å². The third-order valence-corrected chi connectivity index (χ3v) is 3.89. The molecule has 2 heteroatoms. The molecule has 0 atom stereocenters. The molecule has 1 heterocycles. The Labute approximate surface area is 108 Å². The minimum absolute atomic E-state index is 0.689. The molecule has 2 nitrogen and oxygen atoms in total. The molecule has 1 saturated carbocycles. The largest absolute Gasteiger partial charge is 0.460 e. The smallest absolute Gasteiger partial charge is 0.134 e. The minimum Gasteiger partial charge on any atom is -0.460 e. The predicted octanol–water partition coefficient (Wildman–Crippen LogP) is 4.16. The summed E-state index contributed by atoms with van der Waals surface area (Å²) in [6, 6.07) is 9.20. The third kappa shape index (κ3) is 2.59. The molecule has 1 aromatic carbocycles. The summed E-state index contributed by atoms with van der Waals surface area (Å²) in [4.78, 5) is 0. The molecule has 1 N–H and O–H groups in total. The van der Waals surface area contributed by atoms with Crippen molar-refractivity contribution in [1.29, 1.82) is 0 Å². The number of furan rings is 1. The van der Waals surface area contributed by atoms with Crippen LogP contribution in [0, 0.1) is 6.92 Å². The molecule has 18 heavy (non-hydrogen) atoms. The molecule has 0 amide bonds. The summed E-state index contributed by atoms with van der Waals surface area (Å²) in [5.74, 6) is 1.06. The van der Waals surface area contributed by atoms with E-state index in [2.05, 4.69) is 36.5 Å². The van der Waals surface area contributed by atoms with Gasteiger partial charge in [0.15, 0.2) is 0 Å². The van der Waals surface area contributed by atoms with Crippen molar-refractivity contribution >= 4 is 11.0 Å². The van der Waals surface area contributed by atoms with Crippen molar-refractivity contribution in [3.63, 3.8) is 0 Å². The number of rotatable bonds is 3. The summed E-state index contributed by atoms with van der Waals surface area (Å²) in [6.45, 7) is 2.98. The van der Waals surface area contributed by atoms with Gasteiger partial charge < -0.3 is 9.73 Å². The highest BCUT2D eigenvalue weighted by atomic mass is 16.3. The molecular formula is C16H21NO. The van der Waals surface area contributed by atoms with Gasteiger partial charge in [-0.3, -0.25) is 0 Å². The van der Waals surface area contributed by atoms with Crippen molar-refractivity contribution in [3.8, 4) is 0 Å². The van der Waals surface area contributed by atoms with Crippen molar-refractivity contribution in [2.24, 2.45) is 0 Å². The summed E-state index contributed by atoms with van der Waals surface area (Å²) in [5.41, 5.74) is 2.29. The van der Waals surface area contributed by atoms with Gasteiger partial charge in [-0.2, -0.15) is 0 Å². The number of hydrogen-bond acceptors (Lipinski definition) is 2. The van der Waals surface area contributed by atoms with Crippen LogP contribution in [-0.4, -0.2) is 6.04 Å². The first kappa shape index (κ1) is 11.8. The lowest BCUT2D eigenvalue weighted by Crippen LogP contribution is -2.30. The van der Waals surface area contributed by atoms with Crippen LogP contribution in [0.15, 0.2) is 28.7 Å². The lowest BCUT2D eigenvalue weighted by molar-refractivity contribution is 0.359. The van der Waals surface area contributed by atoms with E-state index in [1.807, 2.05) is 0 Å². The summed E-state index contributed by atoms with van der Waals surface area (Å²) in [5, 5.41) is 4.84. The van der Waals surface area contributed by atoms with Crippen LogP contribution in [0.2, 0.25) is 0 Å². The summed E-state index contributed by atoms with van der Waals surface area (Å²) in [7, 11) is 0. The minimum atomic E-state index is 0.689. The van der Waals surface area contributed by atoms with E-state index >= 15 is 0 Å². The van der Waals surface area contributed by atoms with Gasteiger partial charge in [0.1, 0.15) is 11.3 Å². The Bertz CT molecular complexity index is 523. The van der Waals surface area contributed by atoms with Gasteiger partial charge in [0.2, 0.25) is 0 Å². The van der Waals surface area contributed by atoms with Crippen LogP contribution in [0.1, 0.15) is 43.4 Å². The molecule has 0 aliphatic heterocycles. The van der Waals surface area contributed by atoms with Crippen LogP contribution in [0.5, 0.6) is 0 Å². The lowest BCUT2D eigenvalue weighted by atomic mass is 9.95. The zero-order chi connectivity index (χ0) is 12.4. The second-order valence-corrected chi connectivity index (χ2v) is 5.47.